The number of aromatic amines is 1. The van der Waals surface area contributed by atoms with E-state index in [1.54, 1.807) is 54.9 Å². The molecule has 0 fully saturated rings. The van der Waals surface area contributed by atoms with E-state index in [-0.39, 0.29) is 10.5 Å². The second-order valence-electron chi connectivity index (χ2n) is 5.52. The van der Waals surface area contributed by atoms with E-state index < -0.39 is 9.84 Å². The van der Waals surface area contributed by atoms with Crippen molar-refractivity contribution in [1.82, 2.24) is 9.97 Å². The Balaban J connectivity index is 2.02. The summed E-state index contributed by atoms with van der Waals surface area (Å²) in [5.41, 5.74) is 2.47. The topological polar surface area (TPSA) is 89.1 Å². The molecule has 0 saturated carbocycles. The van der Waals surface area contributed by atoms with Crippen molar-refractivity contribution in [2.45, 2.75) is 4.90 Å². The van der Waals surface area contributed by atoms with Crippen LogP contribution in [0.5, 0.6) is 5.88 Å². The average Bonchev–Trinajstić information content (AvgIpc) is 2.62. The van der Waals surface area contributed by atoms with E-state index in [0.717, 1.165) is 17.4 Å². The van der Waals surface area contributed by atoms with Gasteiger partial charge in [-0.2, -0.15) is 0 Å². The number of methoxy groups -OCH3 is 1. The molecule has 3 aromatic rings. The number of aromatic nitrogens is 2. The van der Waals surface area contributed by atoms with E-state index in [1.165, 1.54) is 7.11 Å². The van der Waals surface area contributed by atoms with E-state index in [4.69, 9.17) is 4.74 Å². The van der Waals surface area contributed by atoms with Crippen LogP contribution in [0.3, 0.4) is 0 Å². The minimum atomic E-state index is -3.24. The number of sulfone groups is 1. The Morgan fingerprint density at radius 1 is 1.00 bits per heavy atom. The van der Waals surface area contributed by atoms with Crippen LogP contribution in [0.4, 0.5) is 0 Å². The lowest BCUT2D eigenvalue weighted by atomic mass is 10.0. The van der Waals surface area contributed by atoms with Crippen LogP contribution in [0, 0.1) is 0 Å². The summed E-state index contributed by atoms with van der Waals surface area (Å²) in [6.07, 6.45) is 4.33. The van der Waals surface area contributed by atoms with E-state index in [0.29, 0.717) is 17.0 Å². The lowest BCUT2D eigenvalue weighted by Crippen LogP contribution is -2.08. The van der Waals surface area contributed by atoms with Crippen molar-refractivity contribution in [3.8, 4) is 28.1 Å². The highest BCUT2D eigenvalue weighted by Gasteiger charge is 2.10. The maximum atomic E-state index is 12.1. The number of nitrogens with one attached hydrogen (secondary N) is 1. The smallest absolute Gasteiger partial charge is 0.255 e. The van der Waals surface area contributed by atoms with Crippen LogP contribution in [0.25, 0.3) is 22.3 Å². The molecule has 0 amide bonds. The second kappa shape index (κ2) is 6.52. The zero-order valence-electron chi connectivity index (χ0n) is 13.7. The average molecular weight is 356 g/mol. The van der Waals surface area contributed by atoms with Gasteiger partial charge in [-0.15, -0.1) is 0 Å². The van der Waals surface area contributed by atoms with Gasteiger partial charge < -0.3 is 9.72 Å². The summed E-state index contributed by atoms with van der Waals surface area (Å²) in [5.74, 6) is 0.465. The Morgan fingerprint density at radius 2 is 1.68 bits per heavy atom. The van der Waals surface area contributed by atoms with Crippen LogP contribution >= 0.6 is 0 Å². The number of hydrogen-bond donors (Lipinski definition) is 1. The first-order valence-electron chi connectivity index (χ1n) is 7.42. The lowest BCUT2D eigenvalue weighted by molar-refractivity contribution is 0.398. The summed E-state index contributed by atoms with van der Waals surface area (Å²) in [6.45, 7) is 0. The minimum absolute atomic E-state index is 0.233. The highest BCUT2D eigenvalue weighted by atomic mass is 32.2. The number of pyridine rings is 2. The first kappa shape index (κ1) is 16.9. The van der Waals surface area contributed by atoms with Crippen molar-refractivity contribution in [2.75, 3.05) is 13.4 Å². The van der Waals surface area contributed by atoms with Gasteiger partial charge in [0.25, 0.3) is 5.56 Å². The van der Waals surface area contributed by atoms with Crippen LogP contribution in [0.15, 0.2) is 64.5 Å². The molecule has 1 N–H and O–H groups in total. The zero-order chi connectivity index (χ0) is 18.0. The summed E-state index contributed by atoms with van der Waals surface area (Å²) in [4.78, 5) is 19.2. The number of H-pyrrole nitrogens is 1. The SMILES string of the molecule is COc1ccc(-c2cc(-c3ccc(S(C)(=O)=O)cc3)c[nH]c2=O)cn1. The van der Waals surface area contributed by atoms with Crippen molar-refractivity contribution in [2.24, 2.45) is 0 Å². The van der Waals surface area contributed by atoms with Gasteiger partial charge in [-0.25, -0.2) is 13.4 Å². The molecule has 2 heterocycles. The second-order valence-corrected chi connectivity index (χ2v) is 7.53. The quantitative estimate of drug-likeness (QED) is 0.776. The molecule has 25 heavy (non-hydrogen) atoms. The van der Waals surface area contributed by atoms with Gasteiger partial charge in [0.05, 0.1) is 12.0 Å². The number of rotatable bonds is 4. The lowest BCUT2D eigenvalue weighted by Gasteiger charge is -2.07. The van der Waals surface area contributed by atoms with E-state index in [1.807, 2.05) is 0 Å². The molecule has 0 spiro atoms. The maximum Gasteiger partial charge on any atom is 0.255 e. The van der Waals surface area contributed by atoms with Gasteiger partial charge >= 0.3 is 0 Å². The third-order valence-corrected chi connectivity index (χ3v) is 4.90. The minimum Gasteiger partial charge on any atom is -0.481 e. The predicted octanol–water partition coefficient (Wildman–Crippen LogP) is 2.52. The van der Waals surface area contributed by atoms with Crippen LogP contribution in [-0.4, -0.2) is 31.8 Å². The molecule has 7 heteroatoms. The Hall–Kier alpha value is -2.93. The van der Waals surface area contributed by atoms with Gasteiger partial charge in [0.2, 0.25) is 5.88 Å². The van der Waals surface area contributed by atoms with Crippen molar-refractivity contribution in [3.05, 3.63) is 65.2 Å². The largest absolute Gasteiger partial charge is 0.481 e. The standard InChI is InChI=1S/C18H16N2O4S/c1-24-17-8-5-13(10-19-17)16-9-14(11-20-18(16)21)12-3-6-15(7-4-12)25(2,22)23/h3-11H,1-2H3,(H,20,21). The van der Waals surface area contributed by atoms with Crippen LogP contribution in [-0.2, 0) is 9.84 Å². The molecule has 0 radical (unpaired) electrons. The van der Waals surface area contributed by atoms with E-state index in [9.17, 15) is 13.2 Å². The van der Waals surface area contributed by atoms with Crippen molar-refractivity contribution < 1.29 is 13.2 Å². The fraction of sp³-hybridized carbons (Fsp3) is 0.111. The maximum absolute atomic E-state index is 12.1. The zero-order valence-corrected chi connectivity index (χ0v) is 14.5. The van der Waals surface area contributed by atoms with Gasteiger partial charge in [-0.05, 0) is 35.4 Å². The summed E-state index contributed by atoms with van der Waals surface area (Å²) in [7, 11) is -1.72. The number of hydrogen-bond acceptors (Lipinski definition) is 5. The van der Waals surface area contributed by atoms with Gasteiger partial charge in [-0.1, -0.05) is 12.1 Å². The van der Waals surface area contributed by atoms with Crippen molar-refractivity contribution in [3.63, 3.8) is 0 Å². The molecule has 0 saturated heterocycles. The fourth-order valence-corrected chi connectivity index (χ4v) is 3.05. The number of nitrogens with zero attached hydrogens (tertiary/aromatic N) is 1. The Bertz CT molecular complexity index is 1050. The highest BCUT2D eigenvalue weighted by Crippen LogP contribution is 2.24. The molecule has 6 nitrogen and oxygen atoms in total. The number of ether oxygens (including phenoxy) is 1. The Morgan fingerprint density at radius 3 is 2.24 bits per heavy atom. The molecule has 0 unspecified atom stereocenters. The first-order chi connectivity index (χ1) is 11.9. The van der Waals surface area contributed by atoms with Crippen LogP contribution in [0.2, 0.25) is 0 Å². The van der Waals surface area contributed by atoms with Crippen LogP contribution in [0.1, 0.15) is 0 Å². The summed E-state index contributed by atoms with van der Waals surface area (Å²) in [5, 5.41) is 0. The predicted molar refractivity (Wildman–Crippen MR) is 95.4 cm³/mol. The molecule has 0 aliphatic heterocycles. The molecule has 1 aromatic carbocycles. The number of benzene rings is 1. The Kier molecular flexibility index (Phi) is 4.41. The molecule has 3 rings (SSSR count). The Labute approximate surface area is 145 Å². The molecule has 0 atom stereocenters. The molecular weight excluding hydrogens is 340 g/mol. The molecule has 2 aromatic heterocycles. The van der Waals surface area contributed by atoms with Gasteiger partial charge in [0.15, 0.2) is 9.84 Å². The first-order valence-corrected chi connectivity index (χ1v) is 9.31. The normalized spacial score (nSPS) is 11.3. The third kappa shape index (κ3) is 3.61. The van der Waals surface area contributed by atoms with E-state index in [2.05, 4.69) is 9.97 Å². The van der Waals surface area contributed by atoms with Gasteiger partial charge in [0, 0.05) is 35.8 Å². The summed E-state index contributed by atoms with van der Waals surface area (Å²) >= 11 is 0. The van der Waals surface area contributed by atoms with Gasteiger partial charge in [0.1, 0.15) is 0 Å². The van der Waals surface area contributed by atoms with Crippen molar-refractivity contribution in [1.29, 1.82) is 0 Å². The summed E-state index contributed by atoms with van der Waals surface area (Å²) in [6, 6.07) is 11.7. The van der Waals surface area contributed by atoms with E-state index >= 15 is 0 Å². The monoisotopic (exact) mass is 356 g/mol. The molecule has 128 valence electrons. The highest BCUT2D eigenvalue weighted by molar-refractivity contribution is 7.90. The molecule has 0 aliphatic carbocycles. The molecule has 0 aliphatic rings. The van der Waals surface area contributed by atoms with Gasteiger partial charge in [-0.3, -0.25) is 4.79 Å². The summed E-state index contributed by atoms with van der Waals surface area (Å²) < 4.78 is 28.1. The third-order valence-electron chi connectivity index (χ3n) is 3.78. The molecule has 0 bridgehead atoms. The van der Waals surface area contributed by atoms with Crippen LogP contribution < -0.4 is 10.3 Å². The molecular formula is C18H16N2O4S. The van der Waals surface area contributed by atoms with Crippen molar-refractivity contribution >= 4 is 9.84 Å². The fourth-order valence-electron chi connectivity index (χ4n) is 2.42.